The number of fused-ring (bicyclic) bond motifs is 1. The smallest absolute Gasteiger partial charge is 0.323 e. The maximum absolute atomic E-state index is 12.1. The Morgan fingerprint density at radius 1 is 1.36 bits per heavy atom. The Balaban J connectivity index is 2.22. The fraction of sp³-hybridized carbons (Fsp3) is 0.286. The Kier molecular flexibility index (Phi) is 4.40. The van der Waals surface area contributed by atoms with Gasteiger partial charge in [-0.2, -0.15) is 0 Å². The molecule has 0 atom stereocenters. The molecule has 1 amide bonds. The van der Waals surface area contributed by atoms with Gasteiger partial charge >= 0.3 is 5.97 Å². The Bertz CT molecular complexity index is 737. The monoisotopic (exact) mass is 305 g/mol. The van der Waals surface area contributed by atoms with Gasteiger partial charge < -0.3 is 14.6 Å². The van der Waals surface area contributed by atoms with Gasteiger partial charge in [-0.15, -0.1) is 0 Å². The Hall–Kier alpha value is -2.90. The molecule has 0 aliphatic heterocycles. The zero-order valence-electron chi connectivity index (χ0n) is 11.9. The molecule has 2 aromatic rings. The number of aromatic nitrogens is 1. The summed E-state index contributed by atoms with van der Waals surface area (Å²) in [7, 11) is 0. The SMILES string of the molecule is CCN(CC(=O)O)C(=O)Cn1ccc2cc([N+](=O)[O-])ccc21. The van der Waals surface area contributed by atoms with Gasteiger partial charge in [-0.3, -0.25) is 19.7 Å². The number of nitrogens with zero attached hydrogens (tertiary/aromatic N) is 3. The van der Waals surface area contributed by atoms with Crippen molar-refractivity contribution in [2.75, 3.05) is 13.1 Å². The van der Waals surface area contributed by atoms with Crippen molar-refractivity contribution in [3.05, 3.63) is 40.6 Å². The van der Waals surface area contributed by atoms with Gasteiger partial charge in [-0.05, 0) is 19.1 Å². The highest BCUT2D eigenvalue weighted by Crippen LogP contribution is 2.22. The number of benzene rings is 1. The third kappa shape index (κ3) is 3.22. The van der Waals surface area contributed by atoms with Crippen molar-refractivity contribution < 1.29 is 19.6 Å². The van der Waals surface area contributed by atoms with E-state index in [1.807, 2.05) is 0 Å². The predicted molar refractivity (Wildman–Crippen MR) is 78.5 cm³/mol. The van der Waals surface area contributed by atoms with Crippen LogP contribution in [0.4, 0.5) is 5.69 Å². The number of carbonyl (C=O) groups excluding carboxylic acids is 1. The first kappa shape index (κ1) is 15.5. The Morgan fingerprint density at radius 2 is 2.09 bits per heavy atom. The van der Waals surface area contributed by atoms with Crippen LogP contribution in [-0.4, -0.2) is 44.5 Å². The molecule has 0 saturated carbocycles. The number of hydrogen-bond acceptors (Lipinski definition) is 4. The molecule has 1 heterocycles. The van der Waals surface area contributed by atoms with Crippen LogP contribution in [0, 0.1) is 10.1 Å². The average Bonchev–Trinajstić information content (AvgIpc) is 2.86. The van der Waals surface area contributed by atoms with E-state index in [0.717, 1.165) is 0 Å². The van der Waals surface area contributed by atoms with E-state index in [9.17, 15) is 19.7 Å². The summed E-state index contributed by atoms with van der Waals surface area (Å²) in [5, 5.41) is 20.2. The minimum atomic E-state index is -1.07. The molecular weight excluding hydrogens is 290 g/mol. The average molecular weight is 305 g/mol. The Morgan fingerprint density at radius 3 is 2.68 bits per heavy atom. The second-order valence-corrected chi connectivity index (χ2v) is 4.75. The number of rotatable bonds is 6. The molecular formula is C14H15N3O5. The first-order chi connectivity index (χ1) is 10.4. The molecule has 0 radical (unpaired) electrons. The molecule has 0 spiro atoms. The molecule has 22 heavy (non-hydrogen) atoms. The van der Waals surface area contributed by atoms with Crippen LogP contribution in [0.15, 0.2) is 30.5 Å². The van der Waals surface area contributed by atoms with Crippen LogP contribution in [0.5, 0.6) is 0 Å². The molecule has 0 aliphatic rings. The van der Waals surface area contributed by atoms with Crippen molar-refractivity contribution >= 4 is 28.5 Å². The van der Waals surface area contributed by atoms with Crippen LogP contribution < -0.4 is 0 Å². The quantitative estimate of drug-likeness (QED) is 0.642. The molecule has 0 unspecified atom stereocenters. The molecule has 0 fully saturated rings. The molecule has 1 aromatic carbocycles. The highest BCUT2D eigenvalue weighted by atomic mass is 16.6. The standard InChI is InChI=1S/C14H15N3O5/c1-2-15(9-14(19)20)13(18)8-16-6-5-10-7-11(17(21)22)3-4-12(10)16/h3-7H,2,8-9H2,1H3,(H,19,20). The summed E-state index contributed by atoms with van der Waals surface area (Å²) in [5.41, 5.74) is 0.669. The molecule has 1 N–H and O–H groups in total. The number of carboxylic acids is 1. The summed E-state index contributed by atoms with van der Waals surface area (Å²) in [6, 6.07) is 6.07. The van der Waals surface area contributed by atoms with Crippen LogP contribution in [0.1, 0.15) is 6.92 Å². The lowest BCUT2D eigenvalue weighted by Crippen LogP contribution is -2.37. The van der Waals surface area contributed by atoms with E-state index in [1.165, 1.54) is 17.0 Å². The first-order valence-corrected chi connectivity index (χ1v) is 6.65. The number of aliphatic carboxylic acids is 1. The van der Waals surface area contributed by atoms with Gasteiger partial charge in [0, 0.05) is 35.8 Å². The van der Waals surface area contributed by atoms with E-state index in [0.29, 0.717) is 17.4 Å². The fourth-order valence-electron chi connectivity index (χ4n) is 2.22. The number of nitro groups is 1. The molecule has 8 heteroatoms. The van der Waals surface area contributed by atoms with Gasteiger partial charge in [-0.1, -0.05) is 0 Å². The lowest BCUT2D eigenvalue weighted by Gasteiger charge is -2.19. The molecule has 0 saturated heterocycles. The van der Waals surface area contributed by atoms with E-state index < -0.39 is 10.9 Å². The number of non-ortho nitro benzene ring substituents is 1. The number of nitro benzene ring substituents is 1. The second kappa shape index (κ2) is 6.25. The number of carboxylic acid groups (broad SMARTS) is 1. The lowest BCUT2D eigenvalue weighted by atomic mass is 10.2. The van der Waals surface area contributed by atoms with Crippen molar-refractivity contribution in [2.24, 2.45) is 0 Å². The van der Waals surface area contributed by atoms with Crippen LogP contribution >= 0.6 is 0 Å². The largest absolute Gasteiger partial charge is 0.480 e. The lowest BCUT2D eigenvalue weighted by molar-refractivity contribution is -0.384. The normalized spacial score (nSPS) is 10.6. The molecule has 0 bridgehead atoms. The maximum atomic E-state index is 12.1. The maximum Gasteiger partial charge on any atom is 0.323 e. The van der Waals surface area contributed by atoms with Crippen LogP contribution in [0.3, 0.4) is 0 Å². The van der Waals surface area contributed by atoms with Gasteiger partial charge in [-0.25, -0.2) is 0 Å². The zero-order chi connectivity index (χ0) is 16.3. The summed E-state index contributed by atoms with van der Waals surface area (Å²) >= 11 is 0. The number of likely N-dealkylation sites (N-methyl/N-ethyl adjacent to an activating group) is 1. The summed E-state index contributed by atoms with van der Waals surface area (Å²) in [6.07, 6.45) is 1.65. The summed E-state index contributed by atoms with van der Waals surface area (Å²) in [4.78, 5) is 34.4. The molecule has 2 rings (SSSR count). The molecule has 0 aliphatic carbocycles. The van der Waals surface area contributed by atoms with E-state index >= 15 is 0 Å². The van der Waals surface area contributed by atoms with Crippen molar-refractivity contribution in [3.8, 4) is 0 Å². The van der Waals surface area contributed by atoms with E-state index in [4.69, 9.17) is 5.11 Å². The number of amides is 1. The molecule has 8 nitrogen and oxygen atoms in total. The van der Waals surface area contributed by atoms with Crippen LogP contribution in [-0.2, 0) is 16.1 Å². The van der Waals surface area contributed by atoms with E-state index in [1.54, 1.807) is 29.8 Å². The Labute approximate surface area is 125 Å². The minimum absolute atomic E-state index is 0.0115. The first-order valence-electron chi connectivity index (χ1n) is 6.65. The topological polar surface area (TPSA) is 106 Å². The second-order valence-electron chi connectivity index (χ2n) is 4.75. The van der Waals surface area contributed by atoms with Gasteiger partial charge in [0.05, 0.1) is 4.92 Å². The fourth-order valence-corrected chi connectivity index (χ4v) is 2.22. The van der Waals surface area contributed by atoms with Gasteiger partial charge in [0.1, 0.15) is 13.1 Å². The zero-order valence-corrected chi connectivity index (χ0v) is 11.9. The number of carbonyl (C=O) groups is 2. The molecule has 1 aromatic heterocycles. The van der Waals surface area contributed by atoms with Crippen molar-refractivity contribution in [1.29, 1.82) is 0 Å². The van der Waals surface area contributed by atoms with Crippen molar-refractivity contribution in [1.82, 2.24) is 9.47 Å². The van der Waals surface area contributed by atoms with Gasteiger partial charge in [0.25, 0.3) is 5.69 Å². The number of hydrogen-bond donors (Lipinski definition) is 1. The highest BCUT2D eigenvalue weighted by molar-refractivity contribution is 5.86. The van der Waals surface area contributed by atoms with Crippen molar-refractivity contribution in [2.45, 2.75) is 13.5 Å². The summed E-state index contributed by atoms with van der Waals surface area (Å²) < 4.78 is 1.64. The van der Waals surface area contributed by atoms with Crippen LogP contribution in [0.25, 0.3) is 10.9 Å². The minimum Gasteiger partial charge on any atom is -0.480 e. The predicted octanol–water partition coefficient (Wildman–Crippen LogP) is 1.48. The van der Waals surface area contributed by atoms with E-state index in [2.05, 4.69) is 0 Å². The van der Waals surface area contributed by atoms with Gasteiger partial charge in [0.15, 0.2) is 0 Å². The van der Waals surface area contributed by atoms with Crippen LogP contribution in [0.2, 0.25) is 0 Å². The van der Waals surface area contributed by atoms with E-state index in [-0.39, 0.29) is 24.7 Å². The van der Waals surface area contributed by atoms with Crippen molar-refractivity contribution in [3.63, 3.8) is 0 Å². The molecule has 116 valence electrons. The summed E-state index contributed by atoms with van der Waals surface area (Å²) in [6.45, 7) is 1.65. The highest BCUT2D eigenvalue weighted by Gasteiger charge is 2.16. The van der Waals surface area contributed by atoms with Gasteiger partial charge in [0.2, 0.25) is 5.91 Å². The third-order valence-corrected chi connectivity index (χ3v) is 3.33. The third-order valence-electron chi connectivity index (χ3n) is 3.33. The summed E-state index contributed by atoms with van der Waals surface area (Å²) in [5.74, 6) is -1.39.